The molecule has 1 aliphatic carbocycles. The normalized spacial score (nSPS) is 18.1. The number of rotatable bonds is 0. The molecule has 0 radical (unpaired) electrons. The van der Waals surface area contributed by atoms with Crippen LogP contribution in [0.5, 0.6) is 0 Å². The molecular formula is C18H28N2O2. The highest BCUT2D eigenvalue weighted by Gasteiger charge is 2.32. The van der Waals surface area contributed by atoms with E-state index in [4.69, 9.17) is 0 Å². The van der Waals surface area contributed by atoms with Crippen molar-refractivity contribution in [2.75, 3.05) is 0 Å². The smallest absolute Gasteiger partial charge is 0.319 e. The Hall–Kier alpha value is -2.10. The minimum atomic E-state index is -0.198. The van der Waals surface area contributed by atoms with E-state index in [0.29, 0.717) is 12.8 Å². The van der Waals surface area contributed by atoms with Crippen molar-refractivity contribution in [3.63, 3.8) is 0 Å². The van der Waals surface area contributed by atoms with Gasteiger partial charge >= 0.3 is 6.03 Å². The summed E-state index contributed by atoms with van der Waals surface area (Å²) in [6.45, 7) is 9.83. The van der Waals surface area contributed by atoms with Crippen LogP contribution in [0.3, 0.4) is 0 Å². The lowest BCUT2D eigenvalue weighted by molar-refractivity contribution is -0.115. The van der Waals surface area contributed by atoms with Crippen molar-refractivity contribution < 1.29 is 9.59 Å². The van der Waals surface area contributed by atoms with Gasteiger partial charge in [0.25, 0.3) is 0 Å². The van der Waals surface area contributed by atoms with Gasteiger partial charge in [-0.1, -0.05) is 64.1 Å². The molecule has 0 spiro atoms. The summed E-state index contributed by atoms with van der Waals surface area (Å²) in [6.07, 6.45) is 1.23. The Morgan fingerprint density at radius 3 is 1.77 bits per heavy atom. The second-order valence-corrected chi connectivity index (χ2v) is 4.29. The number of hydrogen-bond donors (Lipinski definition) is 2. The quantitative estimate of drug-likeness (QED) is 0.760. The molecule has 2 aliphatic rings. The zero-order valence-corrected chi connectivity index (χ0v) is 14.3. The van der Waals surface area contributed by atoms with Crippen molar-refractivity contribution in [1.82, 2.24) is 10.6 Å². The van der Waals surface area contributed by atoms with Gasteiger partial charge in [-0.15, -0.1) is 0 Å². The molecule has 1 aliphatic heterocycles. The topological polar surface area (TPSA) is 58.2 Å². The molecule has 22 heavy (non-hydrogen) atoms. The first kappa shape index (κ1) is 19.9. The average molecular weight is 304 g/mol. The SMILES string of the molecule is CC.CC.CC1NC(=O)NC2=C1C(=O)CC2.c1ccccc1. The molecule has 1 heterocycles. The van der Waals surface area contributed by atoms with E-state index in [0.717, 1.165) is 11.3 Å². The van der Waals surface area contributed by atoms with Gasteiger partial charge in [0.1, 0.15) is 0 Å². The third-order valence-electron chi connectivity index (χ3n) is 2.94. The number of Topliss-reactive ketones (excluding diaryl/α,β-unsaturated/α-hetero) is 1. The van der Waals surface area contributed by atoms with E-state index >= 15 is 0 Å². The summed E-state index contributed by atoms with van der Waals surface area (Å²) in [5, 5.41) is 5.30. The summed E-state index contributed by atoms with van der Waals surface area (Å²) in [6, 6.07) is 11.7. The molecule has 0 saturated carbocycles. The van der Waals surface area contributed by atoms with Crippen molar-refractivity contribution in [1.29, 1.82) is 0 Å². The zero-order valence-electron chi connectivity index (χ0n) is 14.3. The summed E-state index contributed by atoms with van der Waals surface area (Å²) in [4.78, 5) is 22.2. The van der Waals surface area contributed by atoms with Crippen molar-refractivity contribution in [3.05, 3.63) is 47.7 Å². The van der Waals surface area contributed by atoms with Crippen LogP contribution in [-0.4, -0.2) is 17.9 Å². The number of allylic oxidation sites excluding steroid dienone is 1. The van der Waals surface area contributed by atoms with Gasteiger partial charge in [-0.2, -0.15) is 0 Å². The molecule has 0 bridgehead atoms. The average Bonchev–Trinajstić information content (AvgIpc) is 2.95. The standard InChI is InChI=1S/C8H10N2O2.C6H6.2C2H6/c1-4-7-5(2-3-6(7)11)10-8(12)9-4;1-2-4-6-5-3-1;2*1-2/h4H,2-3H2,1H3,(H2,9,10,12);1-6H;2*1-2H3. The van der Waals surface area contributed by atoms with Gasteiger partial charge in [0, 0.05) is 17.7 Å². The lowest BCUT2D eigenvalue weighted by atomic mass is 10.1. The summed E-state index contributed by atoms with van der Waals surface area (Å²) < 4.78 is 0. The van der Waals surface area contributed by atoms with Crippen LogP contribution in [-0.2, 0) is 4.79 Å². The number of ketones is 1. The van der Waals surface area contributed by atoms with Gasteiger partial charge in [-0.05, 0) is 13.3 Å². The number of carbonyl (C=O) groups is 2. The van der Waals surface area contributed by atoms with Crippen LogP contribution in [0.2, 0.25) is 0 Å². The number of amides is 2. The molecule has 1 aromatic rings. The molecule has 122 valence electrons. The molecule has 1 atom stereocenters. The van der Waals surface area contributed by atoms with Gasteiger partial charge in [-0.3, -0.25) is 4.79 Å². The van der Waals surface area contributed by atoms with Gasteiger partial charge in [0.2, 0.25) is 0 Å². The van der Waals surface area contributed by atoms with Crippen LogP contribution in [0, 0.1) is 0 Å². The van der Waals surface area contributed by atoms with Crippen LogP contribution in [0.15, 0.2) is 47.7 Å². The number of urea groups is 1. The third kappa shape index (κ3) is 6.12. The molecule has 0 aromatic heterocycles. The van der Waals surface area contributed by atoms with Gasteiger partial charge in [0.05, 0.1) is 6.04 Å². The lowest BCUT2D eigenvalue weighted by Gasteiger charge is -2.22. The summed E-state index contributed by atoms with van der Waals surface area (Å²) in [5.74, 6) is 0.157. The molecule has 2 N–H and O–H groups in total. The number of hydrogen-bond acceptors (Lipinski definition) is 2. The van der Waals surface area contributed by atoms with Crippen molar-refractivity contribution in [2.24, 2.45) is 0 Å². The summed E-state index contributed by atoms with van der Waals surface area (Å²) in [5.41, 5.74) is 1.57. The maximum Gasteiger partial charge on any atom is 0.319 e. The van der Waals surface area contributed by atoms with E-state index in [9.17, 15) is 9.59 Å². The van der Waals surface area contributed by atoms with Gasteiger partial charge in [0.15, 0.2) is 5.78 Å². The highest BCUT2D eigenvalue weighted by molar-refractivity contribution is 6.02. The molecule has 2 amide bonds. The van der Waals surface area contributed by atoms with E-state index in [-0.39, 0.29) is 17.9 Å². The Morgan fingerprint density at radius 1 is 0.864 bits per heavy atom. The Kier molecular flexibility index (Phi) is 10.4. The molecule has 0 fully saturated rings. The largest absolute Gasteiger partial charge is 0.331 e. The van der Waals surface area contributed by atoms with Crippen LogP contribution >= 0.6 is 0 Å². The van der Waals surface area contributed by atoms with E-state index < -0.39 is 0 Å². The Labute approximate surface area is 134 Å². The molecule has 3 rings (SSSR count). The minimum Gasteiger partial charge on any atom is -0.331 e. The van der Waals surface area contributed by atoms with Crippen LogP contribution in [0.4, 0.5) is 4.79 Å². The molecule has 4 nitrogen and oxygen atoms in total. The first-order valence-corrected chi connectivity index (χ1v) is 8.02. The number of carbonyl (C=O) groups excluding carboxylic acids is 2. The predicted octanol–water partition coefficient (Wildman–Crippen LogP) is 4.04. The second-order valence-electron chi connectivity index (χ2n) is 4.29. The first-order valence-electron chi connectivity index (χ1n) is 8.02. The van der Waals surface area contributed by atoms with E-state index in [1.165, 1.54) is 0 Å². The van der Waals surface area contributed by atoms with Crippen molar-refractivity contribution >= 4 is 11.8 Å². The van der Waals surface area contributed by atoms with Gasteiger partial charge in [-0.25, -0.2) is 4.79 Å². The highest BCUT2D eigenvalue weighted by Crippen LogP contribution is 2.25. The number of nitrogens with one attached hydrogen (secondary N) is 2. The highest BCUT2D eigenvalue weighted by atomic mass is 16.2. The summed E-state index contributed by atoms with van der Waals surface area (Å²) >= 11 is 0. The van der Waals surface area contributed by atoms with Gasteiger partial charge < -0.3 is 10.6 Å². The Bertz CT molecular complexity index is 454. The van der Waals surface area contributed by atoms with E-state index in [1.807, 2.05) is 71.0 Å². The minimum absolute atomic E-state index is 0.122. The van der Waals surface area contributed by atoms with Crippen molar-refractivity contribution in [3.8, 4) is 0 Å². The number of benzene rings is 1. The monoisotopic (exact) mass is 304 g/mol. The van der Waals surface area contributed by atoms with Crippen LogP contribution in [0.1, 0.15) is 47.5 Å². The second kappa shape index (κ2) is 11.5. The fourth-order valence-electron chi connectivity index (χ4n) is 2.14. The Morgan fingerprint density at radius 2 is 1.32 bits per heavy atom. The van der Waals surface area contributed by atoms with Crippen molar-refractivity contribution in [2.45, 2.75) is 53.5 Å². The van der Waals surface area contributed by atoms with Crippen LogP contribution < -0.4 is 10.6 Å². The predicted molar refractivity (Wildman–Crippen MR) is 91.5 cm³/mol. The van der Waals surface area contributed by atoms with Crippen LogP contribution in [0.25, 0.3) is 0 Å². The van der Waals surface area contributed by atoms with E-state index in [2.05, 4.69) is 10.6 Å². The maximum absolute atomic E-state index is 11.3. The molecule has 0 saturated heterocycles. The fraction of sp³-hybridized carbons (Fsp3) is 0.444. The molecule has 1 aromatic carbocycles. The Balaban J connectivity index is 0.000000373. The van der Waals surface area contributed by atoms with E-state index in [1.54, 1.807) is 0 Å². The fourth-order valence-corrected chi connectivity index (χ4v) is 2.14. The third-order valence-corrected chi connectivity index (χ3v) is 2.94. The zero-order chi connectivity index (χ0) is 17.0. The summed E-state index contributed by atoms with van der Waals surface area (Å²) in [7, 11) is 0. The lowest BCUT2D eigenvalue weighted by Crippen LogP contribution is -2.47. The maximum atomic E-state index is 11.3. The molecule has 1 unspecified atom stereocenters. The first-order chi connectivity index (χ1) is 10.7. The molecular weight excluding hydrogens is 276 g/mol. The molecule has 4 heteroatoms.